The largest absolute Gasteiger partial charge is 0.434 e. The fourth-order valence-corrected chi connectivity index (χ4v) is 7.98. The minimum Gasteiger partial charge on any atom is -0.434 e. The summed E-state index contributed by atoms with van der Waals surface area (Å²) in [6.45, 7) is -0.218. The molecule has 304 valence electrons. The number of ketones is 2. The molecule has 0 bridgehead atoms. The lowest BCUT2D eigenvalue weighted by Gasteiger charge is -2.29. The fourth-order valence-electron chi connectivity index (χ4n) is 7.12. The number of hydrogen-bond acceptors (Lipinski definition) is 10. The Bertz CT molecular complexity index is 2350. The molecule has 4 atom stereocenters. The number of ether oxygens (including phenoxy) is 1. The molecule has 14 nitrogen and oxygen atoms in total. The molecule has 58 heavy (non-hydrogen) atoms. The molecule has 1 saturated heterocycles. The second-order valence-corrected chi connectivity index (χ2v) is 16.6. The van der Waals surface area contributed by atoms with E-state index in [4.69, 9.17) is 32.2 Å². The lowest BCUT2D eigenvalue weighted by Crippen LogP contribution is -2.52. The molecule has 0 radical (unpaired) electrons. The Balaban J connectivity index is 1.31. The van der Waals surface area contributed by atoms with Gasteiger partial charge in [-0.3, -0.25) is 14.4 Å². The number of likely N-dealkylation sites (tertiary alicyclic amines) is 1. The molecule has 0 unspecified atom stereocenters. The van der Waals surface area contributed by atoms with Crippen LogP contribution in [0.1, 0.15) is 52.2 Å². The van der Waals surface area contributed by atoms with Crippen LogP contribution in [-0.4, -0.2) is 77.8 Å². The van der Waals surface area contributed by atoms with Crippen LogP contribution < -0.4 is 16.2 Å². The van der Waals surface area contributed by atoms with E-state index in [2.05, 4.69) is 14.7 Å². The van der Waals surface area contributed by atoms with Gasteiger partial charge in [-0.25, -0.2) is 23.1 Å². The number of aromatic nitrogens is 1. The molecule has 6 rings (SSSR count). The first-order valence-corrected chi connectivity index (χ1v) is 21.0. The summed E-state index contributed by atoms with van der Waals surface area (Å²) in [5, 5.41) is 10.7. The van der Waals surface area contributed by atoms with Crippen molar-refractivity contribution in [1.29, 1.82) is 0 Å². The first kappa shape index (κ1) is 42.2. The molecule has 6 N–H and O–H groups in total. The molecule has 1 amide bonds. The lowest BCUT2D eigenvalue weighted by atomic mass is 9.87. The van der Waals surface area contributed by atoms with E-state index in [1.165, 1.54) is 4.90 Å². The van der Waals surface area contributed by atoms with Gasteiger partial charge in [0.1, 0.15) is 11.6 Å². The van der Waals surface area contributed by atoms with Crippen molar-refractivity contribution >= 4 is 61.8 Å². The number of nitrogens with zero attached hydrogens (tertiary/aromatic N) is 3. The molecular formula is C42H45ClN6O8S. The predicted molar refractivity (Wildman–Crippen MR) is 220 cm³/mol. The highest BCUT2D eigenvalue weighted by Gasteiger charge is 2.43. The van der Waals surface area contributed by atoms with Gasteiger partial charge in [-0.1, -0.05) is 78.3 Å². The second-order valence-electron chi connectivity index (χ2n) is 14.3. The number of aliphatic hydroxyl groups excluding tert-OH is 1. The number of para-hydroxylation sites is 2. The van der Waals surface area contributed by atoms with Crippen molar-refractivity contribution in [3.05, 3.63) is 130 Å². The van der Waals surface area contributed by atoms with Gasteiger partial charge in [0.2, 0.25) is 21.7 Å². The van der Waals surface area contributed by atoms with Crippen LogP contribution in [0.25, 0.3) is 11.1 Å². The normalized spacial score (nSPS) is 16.6. The third kappa shape index (κ3) is 11.1. The van der Waals surface area contributed by atoms with E-state index in [9.17, 15) is 27.9 Å². The Kier molecular flexibility index (Phi) is 13.7. The van der Waals surface area contributed by atoms with Crippen molar-refractivity contribution in [2.75, 3.05) is 12.8 Å². The van der Waals surface area contributed by atoms with Crippen LogP contribution in [-0.2, 0) is 50.4 Å². The van der Waals surface area contributed by atoms with Gasteiger partial charge in [-0.15, -0.1) is 0 Å². The van der Waals surface area contributed by atoms with E-state index in [-0.39, 0.29) is 50.7 Å². The predicted octanol–water partition coefficient (Wildman–Crippen LogP) is 4.62. The van der Waals surface area contributed by atoms with Gasteiger partial charge >= 0.3 is 0 Å². The van der Waals surface area contributed by atoms with Crippen molar-refractivity contribution < 1.29 is 37.1 Å². The summed E-state index contributed by atoms with van der Waals surface area (Å²) in [6, 6.07) is 26.0. The van der Waals surface area contributed by atoms with Crippen molar-refractivity contribution in [3.8, 4) is 0 Å². The number of nitrogens with two attached hydrogens (primary N) is 2. The number of carbonyl (C=O) groups excluding carboxylic acids is 3. The molecule has 16 heteroatoms. The van der Waals surface area contributed by atoms with E-state index >= 15 is 0 Å². The Morgan fingerprint density at radius 3 is 2.40 bits per heavy atom. The number of benzene rings is 4. The quantitative estimate of drug-likeness (QED) is 0.0543. The summed E-state index contributed by atoms with van der Waals surface area (Å²) >= 11 is 6.07. The highest BCUT2D eigenvalue weighted by Crippen LogP contribution is 2.30. The van der Waals surface area contributed by atoms with Crippen LogP contribution in [0.15, 0.2) is 106 Å². The van der Waals surface area contributed by atoms with Gasteiger partial charge in [0.25, 0.3) is 5.89 Å². The third-order valence-electron chi connectivity index (χ3n) is 9.90. The molecule has 0 spiro atoms. The first-order chi connectivity index (χ1) is 27.8. The van der Waals surface area contributed by atoms with E-state index < -0.39 is 58.2 Å². The number of oxazole rings is 1. The van der Waals surface area contributed by atoms with Gasteiger partial charge < -0.3 is 30.6 Å². The molecule has 0 saturated carbocycles. The molecule has 0 aliphatic carbocycles. The van der Waals surface area contributed by atoms with Gasteiger partial charge in [-0.2, -0.15) is 0 Å². The standard InChI is InChI=1S/C42H45ClN6O8S/c1-58(54,55)48-35(18-13-26-7-3-2-4-8-26)41(53)49-23-32(56-25-27-11-15-31(43)16-12-27)22-36(49)37(51)21-29(39(52)40-46-34-9-5-6-10-38(34)57-40)19-28-14-17-33(47-42(44)45)30(20-28)24-50/h2-12,14-17,20,29,32,35-36,48,50H,13,18-19,21-25H2,1H3,(H4,44,45,47)/t29-,32-,35-,36+/m1/s1. The summed E-state index contributed by atoms with van der Waals surface area (Å²) in [4.78, 5) is 53.2. The zero-order valence-electron chi connectivity index (χ0n) is 31.8. The maximum atomic E-state index is 14.6. The van der Waals surface area contributed by atoms with Crippen LogP contribution in [0, 0.1) is 5.92 Å². The average Bonchev–Trinajstić information content (AvgIpc) is 3.84. The van der Waals surface area contributed by atoms with E-state index in [0.717, 1.165) is 17.4 Å². The number of amides is 1. The number of sulfonamides is 1. The van der Waals surface area contributed by atoms with Gasteiger partial charge in [-0.05, 0) is 66.3 Å². The Morgan fingerprint density at radius 2 is 1.71 bits per heavy atom. The number of aryl methyl sites for hydroxylation is 1. The average molecular weight is 829 g/mol. The minimum atomic E-state index is -3.85. The Labute approximate surface area is 341 Å². The van der Waals surface area contributed by atoms with E-state index in [0.29, 0.717) is 39.4 Å². The Morgan fingerprint density at radius 1 is 1.00 bits per heavy atom. The number of fused-ring (bicyclic) bond motifs is 1. The van der Waals surface area contributed by atoms with Crippen molar-refractivity contribution in [1.82, 2.24) is 14.6 Å². The number of carbonyl (C=O) groups is 3. The maximum Gasteiger partial charge on any atom is 0.264 e. The number of aliphatic hydroxyl groups is 1. The van der Waals surface area contributed by atoms with Crippen molar-refractivity contribution in [2.45, 2.75) is 63.5 Å². The Hall–Kier alpha value is -5.45. The molecule has 4 aromatic carbocycles. The summed E-state index contributed by atoms with van der Waals surface area (Å²) < 4.78 is 39.7. The van der Waals surface area contributed by atoms with Crippen molar-refractivity contribution in [2.24, 2.45) is 22.4 Å². The first-order valence-electron chi connectivity index (χ1n) is 18.7. The number of rotatable bonds is 18. The number of aliphatic imine (C=N–C) groups is 1. The van der Waals surface area contributed by atoms with Crippen LogP contribution in [0.3, 0.4) is 0 Å². The van der Waals surface area contributed by atoms with E-state index in [1.807, 2.05) is 42.5 Å². The summed E-state index contributed by atoms with van der Waals surface area (Å²) in [6.07, 6.45) is 0.720. The lowest BCUT2D eigenvalue weighted by molar-refractivity contribution is -0.139. The van der Waals surface area contributed by atoms with Crippen LogP contribution in [0.4, 0.5) is 5.69 Å². The zero-order chi connectivity index (χ0) is 41.4. The number of guanidine groups is 1. The molecule has 1 aromatic heterocycles. The van der Waals surface area contributed by atoms with Crippen LogP contribution >= 0.6 is 11.6 Å². The van der Waals surface area contributed by atoms with Gasteiger partial charge in [0, 0.05) is 35.9 Å². The summed E-state index contributed by atoms with van der Waals surface area (Å²) in [5.74, 6) is -2.94. The fraction of sp³-hybridized carbons (Fsp3) is 0.310. The zero-order valence-corrected chi connectivity index (χ0v) is 33.4. The smallest absolute Gasteiger partial charge is 0.264 e. The number of halogens is 1. The molecular weight excluding hydrogens is 784 g/mol. The van der Waals surface area contributed by atoms with Gasteiger partial charge in [0.05, 0.1) is 37.3 Å². The number of nitrogens with one attached hydrogen (secondary N) is 1. The molecule has 1 aliphatic rings. The molecule has 1 fully saturated rings. The van der Waals surface area contributed by atoms with Crippen LogP contribution in [0.5, 0.6) is 0 Å². The number of Topliss-reactive ketones (excluding diaryl/α,β-unsaturated/α-hetero) is 2. The minimum absolute atomic E-state index is 0.00592. The maximum absolute atomic E-state index is 14.6. The second kappa shape index (κ2) is 18.9. The highest BCUT2D eigenvalue weighted by atomic mass is 35.5. The third-order valence-corrected chi connectivity index (χ3v) is 10.9. The van der Waals surface area contributed by atoms with Crippen molar-refractivity contribution in [3.63, 3.8) is 0 Å². The molecule has 1 aliphatic heterocycles. The van der Waals surface area contributed by atoms with Crippen LogP contribution in [0.2, 0.25) is 5.02 Å². The van der Waals surface area contributed by atoms with Gasteiger partial charge in [0.15, 0.2) is 17.3 Å². The monoisotopic (exact) mass is 828 g/mol. The van der Waals surface area contributed by atoms with E-state index in [1.54, 1.807) is 54.6 Å². The topological polar surface area (TPSA) is 221 Å². The highest BCUT2D eigenvalue weighted by molar-refractivity contribution is 7.88. The molecule has 2 heterocycles. The summed E-state index contributed by atoms with van der Waals surface area (Å²) in [7, 11) is -3.85. The summed E-state index contributed by atoms with van der Waals surface area (Å²) in [5.41, 5.74) is 15.1. The molecule has 5 aromatic rings. The number of hydrogen-bond donors (Lipinski definition) is 4. The SMILES string of the molecule is CS(=O)(=O)N[C@H](CCc1ccccc1)C(=O)N1C[C@H](OCc2ccc(Cl)cc2)C[C@H]1C(=O)C[C@@H](Cc1ccc(N=C(N)N)c(CO)c1)C(=O)c1nc2ccccc2o1.